The Bertz CT molecular complexity index is 2180. The standard InChI is InChI=1S/C19H13Cl3N4O.C14H12ClN3O/c1-11-24-5-6-26(11)16-7-18(22)25-19-12(16)3-2-4-17(19)27-10-13-14(20)8-23-9-15(13)21;1-9-16-6-7-18(9)11-8-13(15)17-14-10(11)4-3-5-12(14)19-2/h2-9H,10H2,1H3;3-8H,1-2H3. The summed E-state index contributed by atoms with van der Waals surface area (Å²) in [6.45, 7) is 4.06. The number of hydrogen-bond donors (Lipinski definition) is 0. The van der Waals surface area contributed by atoms with Crippen LogP contribution in [0.4, 0.5) is 0 Å². The predicted octanol–water partition coefficient (Wildman–Crippen LogP) is 9.05. The van der Waals surface area contributed by atoms with Crippen LogP contribution in [0.15, 0.2) is 85.7 Å². The minimum Gasteiger partial charge on any atom is -0.494 e. The monoisotopic (exact) mass is 691 g/mol. The largest absolute Gasteiger partial charge is 0.494 e. The minimum atomic E-state index is 0.187. The van der Waals surface area contributed by atoms with E-state index in [1.165, 1.54) is 12.4 Å². The summed E-state index contributed by atoms with van der Waals surface area (Å²) in [6.07, 6.45) is 10.3. The number of nitrogens with zero attached hydrogens (tertiary/aromatic N) is 7. The Morgan fingerprint density at radius 3 is 1.67 bits per heavy atom. The quantitative estimate of drug-likeness (QED) is 0.161. The Morgan fingerprint density at radius 2 is 1.20 bits per heavy atom. The summed E-state index contributed by atoms with van der Waals surface area (Å²) in [5, 5.41) is 3.56. The molecule has 0 bridgehead atoms. The fourth-order valence-electron chi connectivity index (χ4n) is 5.02. The molecule has 0 unspecified atom stereocenters. The molecule has 46 heavy (non-hydrogen) atoms. The van der Waals surface area contributed by atoms with Gasteiger partial charge in [0, 0.05) is 65.6 Å². The summed E-state index contributed by atoms with van der Waals surface area (Å²) >= 11 is 24.8. The number of benzene rings is 2. The van der Waals surface area contributed by atoms with Gasteiger partial charge in [0.1, 0.15) is 51.1 Å². The normalized spacial score (nSPS) is 11.0. The molecule has 2 aromatic carbocycles. The van der Waals surface area contributed by atoms with Gasteiger partial charge in [-0.05, 0) is 26.0 Å². The van der Waals surface area contributed by atoms with Crippen molar-refractivity contribution in [2.24, 2.45) is 0 Å². The number of methoxy groups -OCH3 is 1. The van der Waals surface area contributed by atoms with Gasteiger partial charge < -0.3 is 18.6 Å². The van der Waals surface area contributed by atoms with Crippen LogP contribution in [0.1, 0.15) is 17.2 Å². The van der Waals surface area contributed by atoms with Gasteiger partial charge in [0.25, 0.3) is 0 Å². The Morgan fingerprint density at radius 1 is 0.696 bits per heavy atom. The van der Waals surface area contributed by atoms with Crippen molar-refractivity contribution in [3.05, 3.63) is 123 Å². The van der Waals surface area contributed by atoms with Crippen LogP contribution in [-0.4, -0.2) is 41.2 Å². The second kappa shape index (κ2) is 13.5. The van der Waals surface area contributed by atoms with Crippen molar-refractivity contribution in [2.45, 2.75) is 20.5 Å². The average molecular weight is 693 g/mol. The topological polar surface area (TPSA) is 92.8 Å². The van der Waals surface area contributed by atoms with Gasteiger partial charge in [0.15, 0.2) is 0 Å². The molecule has 0 saturated carbocycles. The number of aromatic nitrogens is 7. The minimum absolute atomic E-state index is 0.187. The number of ether oxygens (including phenoxy) is 2. The molecule has 0 radical (unpaired) electrons. The highest BCUT2D eigenvalue weighted by Crippen LogP contribution is 2.33. The summed E-state index contributed by atoms with van der Waals surface area (Å²) in [5.74, 6) is 3.03. The second-order valence-corrected chi connectivity index (χ2v) is 11.6. The summed E-state index contributed by atoms with van der Waals surface area (Å²) < 4.78 is 15.3. The molecule has 0 saturated heterocycles. The highest BCUT2D eigenvalue weighted by Gasteiger charge is 2.15. The van der Waals surface area contributed by atoms with Gasteiger partial charge in [-0.15, -0.1) is 0 Å². The molecular formula is C33H25Cl4N7O2. The second-order valence-electron chi connectivity index (χ2n) is 10.00. The van der Waals surface area contributed by atoms with E-state index in [2.05, 4.69) is 24.9 Å². The molecule has 0 amide bonds. The average Bonchev–Trinajstić information content (AvgIpc) is 3.67. The predicted molar refractivity (Wildman–Crippen MR) is 182 cm³/mol. The van der Waals surface area contributed by atoms with E-state index in [0.29, 0.717) is 42.9 Å². The number of pyridine rings is 3. The summed E-state index contributed by atoms with van der Waals surface area (Å²) in [7, 11) is 1.62. The van der Waals surface area contributed by atoms with Crippen LogP contribution in [0.2, 0.25) is 20.4 Å². The number of aryl methyl sites for hydroxylation is 2. The number of imidazole rings is 2. The van der Waals surface area contributed by atoms with Gasteiger partial charge in [-0.25, -0.2) is 19.9 Å². The maximum absolute atomic E-state index is 6.28. The number of halogens is 4. The van der Waals surface area contributed by atoms with Crippen LogP contribution in [0, 0.1) is 13.8 Å². The van der Waals surface area contributed by atoms with Gasteiger partial charge in [0.2, 0.25) is 0 Å². The molecule has 0 aliphatic rings. The Balaban J connectivity index is 0.000000172. The lowest BCUT2D eigenvalue weighted by Gasteiger charge is -2.14. The Labute approximate surface area is 284 Å². The summed E-state index contributed by atoms with van der Waals surface area (Å²) in [5.41, 5.74) is 3.89. The van der Waals surface area contributed by atoms with Gasteiger partial charge in [-0.1, -0.05) is 70.7 Å². The lowest BCUT2D eigenvalue weighted by atomic mass is 10.1. The number of rotatable bonds is 6. The molecule has 0 atom stereocenters. The first-order chi connectivity index (χ1) is 22.2. The van der Waals surface area contributed by atoms with E-state index in [9.17, 15) is 0 Å². The van der Waals surface area contributed by atoms with Crippen molar-refractivity contribution in [3.63, 3.8) is 0 Å². The molecule has 5 heterocycles. The third-order valence-electron chi connectivity index (χ3n) is 7.21. The maximum atomic E-state index is 6.28. The zero-order valence-corrected chi connectivity index (χ0v) is 27.8. The van der Waals surface area contributed by atoms with E-state index in [-0.39, 0.29) is 6.61 Å². The molecule has 13 heteroatoms. The molecule has 0 aliphatic heterocycles. The van der Waals surface area contributed by atoms with E-state index < -0.39 is 0 Å². The summed E-state index contributed by atoms with van der Waals surface area (Å²) in [6, 6.07) is 15.1. The fourth-order valence-corrected chi connectivity index (χ4v) is 5.87. The number of fused-ring (bicyclic) bond motifs is 2. The molecular weight excluding hydrogens is 668 g/mol. The van der Waals surface area contributed by atoms with E-state index >= 15 is 0 Å². The highest BCUT2D eigenvalue weighted by molar-refractivity contribution is 6.35. The molecule has 9 nitrogen and oxygen atoms in total. The van der Waals surface area contributed by atoms with Crippen LogP contribution in [0.5, 0.6) is 11.5 Å². The first-order valence-corrected chi connectivity index (χ1v) is 15.4. The van der Waals surface area contributed by atoms with Crippen molar-refractivity contribution in [3.8, 4) is 22.9 Å². The zero-order chi connectivity index (χ0) is 32.4. The van der Waals surface area contributed by atoms with Gasteiger partial charge in [0.05, 0.1) is 28.5 Å². The van der Waals surface area contributed by atoms with Crippen molar-refractivity contribution in [1.29, 1.82) is 0 Å². The van der Waals surface area contributed by atoms with E-state index in [1.807, 2.05) is 77.8 Å². The Kier molecular flexibility index (Phi) is 9.28. The maximum Gasteiger partial charge on any atom is 0.146 e. The molecule has 232 valence electrons. The number of para-hydroxylation sites is 2. The van der Waals surface area contributed by atoms with Crippen molar-refractivity contribution < 1.29 is 9.47 Å². The van der Waals surface area contributed by atoms with Gasteiger partial charge in [-0.3, -0.25) is 4.98 Å². The first-order valence-electron chi connectivity index (χ1n) is 13.9. The zero-order valence-electron chi connectivity index (χ0n) is 24.7. The molecule has 0 N–H and O–H groups in total. The van der Waals surface area contributed by atoms with E-state index in [1.54, 1.807) is 25.6 Å². The van der Waals surface area contributed by atoms with Crippen molar-refractivity contribution in [1.82, 2.24) is 34.1 Å². The van der Waals surface area contributed by atoms with Gasteiger partial charge in [-0.2, -0.15) is 0 Å². The molecule has 0 spiro atoms. The Hall–Kier alpha value is -4.41. The van der Waals surface area contributed by atoms with Crippen LogP contribution >= 0.6 is 46.4 Å². The van der Waals surface area contributed by atoms with E-state index in [4.69, 9.17) is 55.9 Å². The first kappa shape index (κ1) is 31.6. The molecule has 5 aromatic heterocycles. The third kappa shape index (κ3) is 6.32. The smallest absolute Gasteiger partial charge is 0.146 e. The lowest BCUT2D eigenvalue weighted by molar-refractivity contribution is 0.309. The van der Waals surface area contributed by atoms with Crippen molar-refractivity contribution >= 4 is 68.2 Å². The van der Waals surface area contributed by atoms with Crippen LogP contribution in [-0.2, 0) is 6.61 Å². The molecule has 0 fully saturated rings. The molecule has 0 aliphatic carbocycles. The van der Waals surface area contributed by atoms with Crippen LogP contribution in [0.3, 0.4) is 0 Å². The van der Waals surface area contributed by atoms with Crippen LogP contribution in [0.25, 0.3) is 33.2 Å². The fraction of sp³-hybridized carbons (Fsp3) is 0.121. The lowest BCUT2D eigenvalue weighted by Crippen LogP contribution is -2.01. The van der Waals surface area contributed by atoms with Crippen molar-refractivity contribution in [2.75, 3.05) is 7.11 Å². The molecule has 7 aromatic rings. The van der Waals surface area contributed by atoms with E-state index in [0.717, 1.165) is 39.3 Å². The highest BCUT2D eigenvalue weighted by atomic mass is 35.5. The summed E-state index contributed by atoms with van der Waals surface area (Å²) in [4.78, 5) is 21.3. The molecule has 7 rings (SSSR count). The SMILES string of the molecule is COc1cccc2c(-n3ccnc3C)cc(Cl)nc12.Cc1nccn1-c1cc(Cl)nc2c(OCc3c(Cl)cncc3Cl)cccc12. The van der Waals surface area contributed by atoms with Gasteiger partial charge >= 0.3 is 0 Å². The number of hydrogen-bond acceptors (Lipinski definition) is 7. The van der Waals surface area contributed by atoms with Crippen LogP contribution < -0.4 is 9.47 Å². The third-order valence-corrected chi connectivity index (χ3v) is 8.25.